The summed E-state index contributed by atoms with van der Waals surface area (Å²) in [5.74, 6) is 0.825. The molecule has 88 valence electrons. The van der Waals surface area contributed by atoms with Gasteiger partial charge in [0.2, 0.25) is 5.91 Å². The van der Waals surface area contributed by atoms with Crippen LogP contribution in [0.3, 0.4) is 0 Å². The largest absolute Gasteiger partial charge is 0.491 e. The van der Waals surface area contributed by atoms with E-state index in [-0.39, 0.29) is 17.8 Å². The zero-order valence-electron chi connectivity index (χ0n) is 9.56. The summed E-state index contributed by atoms with van der Waals surface area (Å²) in [5, 5.41) is 2.73. The Kier molecular flexibility index (Phi) is 5.19. The Hall–Kier alpha value is -1.16. The third-order valence-electron chi connectivity index (χ3n) is 2.17. The van der Waals surface area contributed by atoms with Crippen molar-refractivity contribution in [1.82, 2.24) is 0 Å². The van der Waals surface area contributed by atoms with Crippen LogP contribution in [-0.2, 0) is 4.79 Å². The number of nitrogens with one attached hydrogen (secondary N) is 1. The van der Waals surface area contributed by atoms with Gasteiger partial charge in [0, 0.05) is 11.8 Å². The van der Waals surface area contributed by atoms with Crippen LogP contribution in [0.2, 0.25) is 0 Å². The molecule has 0 fully saturated rings. The lowest BCUT2D eigenvalue weighted by Gasteiger charge is -2.13. The first-order valence-corrected chi connectivity index (χ1v) is 5.96. The maximum Gasteiger partial charge on any atom is 0.234 e. The quantitative estimate of drug-likeness (QED) is 0.775. The Labute approximate surface area is 102 Å². The predicted molar refractivity (Wildman–Crippen MR) is 69.3 cm³/mol. The number of thiol groups is 1. The summed E-state index contributed by atoms with van der Waals surface area (Å²) in [6.45, 7) is 4.08. The fraction of sp³-hybridized carbons (Fsp3) is 0.417. The van der Waals surface area contributed by atoms with E-state index in [1.807, 2.05) is 31.2 Å². The number of carbonyl (C=O) groups excluding carboxylic acids is 1. The molecule has 3 nitrogen and oxygen atoms in total. The van der Waals surface area contributed by atoms with Crippen molar-refractivity contribution in [2.24, 2.45) is 0 Å². The summed E-state index contributed by atoms with van der Waals surface area (Å²) < 4.78 is 5.65. The summed E-state index contributed by atoms with van der Waals surface area (Å²) in [4.78, 5) is 11.1. The van der Waals surface area contributed by atoms with Crippen molar-refractivity contribution in [1.29, 1.82) is 0 Å². The molecule has 0 saturated carbocycles. The SMILES string of the molecule is CCC(C)Oc1cccc(NC(=O)CS)c1. The predicted octanol–water partition coefficient (Wildman–Crippen LogP) is 2.73. The molecule has 0 aliphatic rings. The molecule has 0 aromatic heterocycles. The summed E-state index contributed by atoms with van der Waals surface area (Å²) in [5.41, 5.74) is 0.736. The molecule has 0 heterocycles. The van der Waals surface area contributed by atoms with Crippen LogP contribution in [0.15, 0.2) is 24.3 Å². The van der Waals surface area contributed by atoms with Crippen molar-refractivity contribution in [2.45, 2.75) is 26.4 Å². The molecule has 0 aliphatic carbocycles. The minimum Gasteiger partial charge on any atom is -0.491 e. The molecule has 1 unspecified atom stereocenters. The summed E-state index contributed by atoms with van der Waals surface area (Å²) in [6.07, 6.45) is 1.13. The molecular formula is C12H17NO2S. The first-order valence-electron chi connectivity index (χ1n) is 5.33. The van der Waals surface area contributed by atoms with E-state index < -0.39 is 0 Å². The highest BCUT2D eigenvalue weighted by Gasteiger charge is 2.03. The number of anilines is 1. The topological polar surface area (TPSA) is 38.3 Å². The van der Waals surface area contributed by atoms with E-state index in [4.69, 9.17) is 4.74 Å². The Balaban J connectivity index is 2.67. The van der Waals surface area contributed by atoms with Crippen LogP contribution in [0.25, 0.3) is 0 Å². The maximum absolute atomic E-state index is 11.1. The van der Waals surface area contributed by atoms with E-state index >= 15 is 0 Å². The summed E-state index contributed by atoms with van der Waals surface area (Å²) in [7, 11) is 0. The Bertz CT molecular complexity index is 355. The molecule has 0 bridgehead atoms. The molecule has 4 heteroatoms. The van der Waals surface area contributed by atoms with E-state index in [1.165, 1.54) is 0 Å². The maximum atomic E-state index is 11.1. The van der Waals surface area contributed by atoms with Gasteiger partial charge in [0.25, 0.3) is 0 Å². The van der Waals surface area contributed by atoms with Gasteiger partial charge in [0.1, 0.15) is 5.75 Å². The number of carbonyl (C=O) groups is 1. The van der Waals surface area contributed by atoms with Gasteiger partial charge >= 0.3 is 0 Å². The Morgan fingerprint density at radius 1 is 1.56 bits per heavy atom. The van der Waals surface area contributed by atoms with Crippen LogP contribution >= 0.6 is 12.6 Å². The zero-order chi connectivity index (χ0) is 12.0. The fourth-order valence-electron chi connectivity index (χ4n) is 1.16. The smallest absolute Gasteiger partial charge is 0.234 e. The van der Waals surface area contributed by atoms with Crippen molar-refractivity contribution in [3.63, 3.8) is 0 Å². The van der Waals surface area contributed by atoms with Crippen LogP contribution in [0.4, 0.5) is 5.69 Å². The Morgan fingerprint density at radius 2 is 2.31 bits per heavy atom. The highest BCUT2D eigenvalue weighted by atomic mass is 32.1. The van der Waals surface area contributed by atoms with Crippen molar-refractivity contribution in [3.8, 4) is 5.75 Å². The molecule has 0 saturated heterocycles. The van der Waals surface area contributed by atoms with Gasteiger partial charge in [0.15, 0.2) is 0 Å². The minimum atomic E-state index is -0.121. The molecule has 0 radical (unpaired) electrons. The zero-order valence-corrected chi connectivity index (χ0v) is 10.5. The number of hydrogen-bond donors (Lipinski definition) is 2. The highest BCUT2D eigenvalue weighted by molar-refractivity contribution is 7.81. The highest BCUT2D eigenvalue weighted by Crippen LogP contribution is 2.19. The molecule has 1 atom stereocenters. The van der Waals surface area contributed by atoms with Gasteiger partial charge in [-0.2, -0.15) is 12.6 Å². The number of amides is 1. The van der Waals surface area contributed by atoms with E-state index in [1.54, 1.807) is 0 Å². The molecule has 1 aromatic rings. The van der Waals surface area contributed by atoms with E-state index in [0.29, 0.717) is 0 Å². The third kappa shape index (κ3) is 4.14. The number of rotatable bonds is 5. The van der Waals surface area contributed by atoms with Gasteiger partial charge < -0.3 is 10.1 Å². The van der Waals surface area contributed by atoms with Crippen LogP contribution in [0.1, 0.15) is 20.3 Å². The van der Waals surface area contributed by atoms with Gasteiger partial charge in [-0.3, -0.25) is 4.79 Å². The number of benzene rings is 1. The van der Waals surface area contributed by atoms with Crippen LogP contribution in [0.5, 0.6) is 5.75 Å². The molecule has 1 rings (SSSR count). The van der Waals surface area contributed by atoms with Crippen LogP contribution < -0.4 is 10.1 Å². The normalized spacial score (nSPS) is 11.9. The monoisotopic (exact) mass is 239 g/mol. The number of hydrogen-bond acceptors (Lipinski definition) is 3. The van der Waals surface area contributed by atoms with Gasteiger partial charge in [-0.1, -0.05) is 13.0 Å². The van der Waals surface area contributed by atoms with Gasteiger partial charge in [-0.05, 0) is 25.5 Å². The lowest BCUT2D eigenvalue weighted by atomic mass is 10.2. The molecule has 1 aromatic carbocycles. The molecule has 16 heavy (non-hydrogen) atoms. The Morgan fingerprint density at radius 3 is 2.94 bits per heavy atom. The summed E-state index contributed by atoms with van der Waals surface area (Å²) in [6, 6.07) is 7.37. The number of ether oxygens (including phenoxy) is 1. The third-order valence-corrected chi connectivity index (χ3v) is 2.46. The van der Waals surface area contributed by atoms with E-state index in [0.717, 1.165) is 17.9 Å². The lowest BCUT2D eigenvalue weighted by molar-refractivity contribution is -0.113. The lowest BCUT2D eigenvalue weighted by Crippen LogP contribution is -2.13. The van der Waals surface area contributed by atoms with Crippen molar-refractivity contribution >= 4 is 24.2 Å². The average Bonchev–Trinajstić information content (AvgIpc) is 2.29. The van der Waals surface area contributed by atoms with Crippen molar-refractivity contribution in [2.75, 3.05) is 11.1 Å². The molecule has 1 amide bonds. The second-order valence-corrected chi connectivity index (χ2v) is 3.89. The fourth-order valence-corrected chi connectivity index (χ4v) is 1.24. The van der Waals surface area contributed by atoms with Crippen LogP contribution in [-0.4, -0.2) is 17.8 Å². The van der Waals surface area contributed by atoms with Gasteiger partial charge in [0.05, 0.1) is 11.9 Å². The van der Waals surface area contributed by atoms with Crippen molar-refractivity contribution in [3.05, 3.63) is 24.3 Å². The van der Waals surface area contributed by atoms with Crippen LogP contribution in [0, 0.1) is 0 Å². The summed E-state index contributed by atoms with van der Waals surface area (Å²) >= 11 is 3.90. The second kappa shape index (κ2) is 6.43. The minimum absolute atomic E-state index is 0.121. The average molecular weight is 239 g/mol. The van der Waals surface area contributed by atoms with E-state index in [9.17, 15) is 4.79 Å². The molecule has 1 N–H and O–H groups in total. The second-order valence-electron chi connectivity index (χ2n) is 3.57. The van der Waals surface area contributed by atoms with E-state index in [2.05, 4.69) is 24.9 Å². The van der Waals surface area contributed by atoms with Gasteiger partial charge in [-0.25, -0.2) is 0 Å². The first-order chi connectivity index (χ1) is 7.65. The molecule has 0 aliphatic heterocycles. The molecular weight excluding hydrogens is 222 g/mol. The first kappa shape index (κ1) is 12.9. The van der Waals surface area contributed by atoms with Crippen molar-refractivity contribution < 1.29 is 9.53 Å². The van der Waals surface area contributed by atoms with Gasteiger partial charge in [-0.15, -0.1) is 0 Å². The standard InChI is InChI=1S/C12H17NO2S/c1-3-9(2)15-11-6-4-5-10(7-11)13-12(14)8-16/h4-7,9,16H,3,8H2,1-2H3,(H,13,14). The molecule has 0 spiro atoms.